The molecule has 126 valence electrons. The summed E-state index contributed by atoms with van der Waals surface area (Å²) in [7, 11) is 0. The molecule has 0 spiro atoms. The van der Waals surface area contributed by atoms with Crippen LogP contribution in [-0.4, -0.2) is 4.98 Å². The van der Waals surface area contributed by atoms with Crippen molar-refractivity contribution in [3.63, 3.8) is 0 Å². The van der Waals surface area contributed by atoms with Gasteiger partial charge in [-0.25, -0.2) is 4.39 Å². The van der Waals surface area contributed by atoms with E-state index in [4.69, 9.17) is 0 Å². The van der Waals surface area contributed by atoms with Gasteiger partial charge in [-0.15, -0.1) is 0 Å². The average Bonchev–Trinajstić information content (AvgIpc) is 2.70. The van der Waals surface area contributed by atoms with Crippen LogP contribution in [0.5, 0.6) is 0 Å². The standard InChI is InChI=1S/C24H18FN/c1-17-15-24(26-16-23(17)20-11-13-22(25)14-12-20)21-9-7-19(8-10-21)18-5-3-2-4-6-18/h2-16H,1H3. The molecular weight excluding hydrogens is 321 g/mol. The van der Waals surface area contributed by atoms with Gasteiger partial charge in [0.05, 0.1) is 5.69 Å². The average molecular weight is 339 g/mol. The minimum absolute atomic E-state index is 0.227. The first kappa shape index (κ1) is 16.2. The number of pyridine rings is 1. The molecule has 1 nitrogen and oxygen atoms in total. The van der Waals surface area contributed by atoms with Crippen molar-refractivity contribution in [3.05, 3.63) is 103 Å². The number of halogens is 1. The summed E-state index contributed by atoms with van der Waals surface area (Å²) < 4.78 is 13.1. The number of benzene rings is 3. The molecule has 4 aromatic rings. The molecule has 0 atom stereocenters. The summed E-state index contributed by atoms with van der Waals surface area (Å²) in [6.45, 7) is 2.06. The summed E-state index contributed by atoms with van der Waals surface area (Å²) >= 11 is 0. The van der Waals surface area contributed by atoms with Crippen molar-refractivity contribution in [1.29, 1.82) is 0 Å². The van der Waals surface area contributed by atoms with Gasteiger partial charge in [0.15, 0.2) is 0 Å². The van der Waals surface area contributed by atoms with E-state index in [1.54, 1.807) is 12.1 Å². The molecule has 0 saturated carbocycles. The number of hydrogen-bond donors (Lipinski definition) is 0. The first-order valence-electron chi connectivity index (χ1n) is 8.59. The molecule has 0 fully saturated rings. The molecule has 0 N–H and O–H groups in total. The SMILES string of the molecule is Cc1cc(-c2ccc(-c3ccccc3)cc2)ncc1-c1ccc(F)cc1. The van der Waals surface area contributed by atoms with Crippen molar-refractivity contribution in [1.82, 2.24) is 4.98 Å². The lowest BCUT2D eigenvalue weighted by atomic mass is 9.99. The Balaban J connectivity index is 1.64. The monoisotopic (exact) mass is 339 g/mol. The van der Waals surface area contributed by atoms with Crippen molar-refractivity contribution >= 4 is 0 Å². The van der Waals surface area contributed by atoms with Crippen LogP contribution in [0.1, 0.15) is 5.56 Å². The van der Waals surface area contributed by atoms with E-state index in [1.165, 1.54) is 23.3 Å². The highest BCUT2D eigenvalue weighted by Crippen LogP contribution is 2.28. The zero-order chi connectivity index (χ0) is 17.9. The van der Waals surface area contributed by atoms with Crippen LogP contribution >= 0.6 is 0 Å². The van der Waals surface area contributed by atoms with Gasteiger partial charge in [0.25, 0.3) is 0 Å². The molecule has 3 aromatic carbocycles. The molecule has 1 heterocycles. The number of aryl methyl sites for hydroxylation is 1. The van der Waals surface area contributed by atoms with E-state index >= 15 is 0 Å². The fourth-order valence-corrected chi connectivity index (χ4v) is 3.11. The van der Waals surface area contributed by atoms with Crippen LogP contribution in [0.2, 0.25) is 0 Å². The third-order valence-corrected chi connectivity index (χ3v) is 4.55. The largest absolute Gasteiger partial charge is 0.256 e. The van der Waals surface area contributed by atoms with Crippen LogP contribution in [0.15, 0.2) is 91.1 Å². The summed E-state index contributed by atoms with van der Waals surface area (Å²) in [5.41, 5.74) is 7.53. The van der Waals surface area contributed by atoms with E-state index in [0.29, 0.717) is 0 Å². The Labute approximate surface area is 152 Å². The van der Waals surface area contributed by atoms with Crippen LogP contribution < -0.4 is 0 Å². The second-order valence-electron chi connectivity index (χ2n) is 6.33. The maximum atomic E-state index is 13.1. The topological polar surface area (TPSA) is 12.9 Å². The van der Waals surface area contributed by atoms with Gasteiger partial charge in [-0.05, 0) is 47.4 Å². The lowest BCUT2D eigenvalue weighted by Gasteiger charge is -2.09. The van der Waals surface area contributed by atoms with Crippen molar-refractivity contribution in [2.75, 3.05) is 0 Å². The Morgan fingerprint density at radius 3 is 1.88 bits per heavy atom. The molecule has 1 aromatic heterocycles. The van der Waals surface area contributed by atoms with Crippen LogP contribution in [0, 0.1) is 12.7 Å². The fourth-order valence-electron chi connectivity index (χ4n) is 3.11. The molecule has 4 rings (SSSR count). The van der Waals surface area contributed by atoms with Crippen LogP contribution in [-0.2, 0) is 0 Å². The fraction of sp³-hybridized carbons (Fsp3) is 0.0417. The van der Waals surface area contributed by atoms with Crippen LogP contribution in [0.4, 0.5) is 4.39 Å². The number of hydrogen-bond acceptors (Lipinski definition) is 1. The van der Waals surface area contributed by atoms with Crippen molar-refractivity contribution in [3.8, 4) is 33.5 Å². The van der Waals surface area contributed by atoms with Gasteiger partial charge >= 0.3 is 0 Å². The van der Waals surface area contributed by atoms with Gasteiger partial charge in [0.2, 0.25) is 0 Å². The molecule has 2 heteroatoms. The van der Waals surface area contributed by atoms with E-state index in [0.717, 1.165) is 27.9 Å². The summed E-state index contributed by atoms with van der Waals surface area (Å²) in [5, 5.41) is 0. The Morgan fingerprint density at radius 2 is 1.23 bits per heavy atom. The lowest BCUT2D eigenvalue weighted by Crippen LogP contribution is -1.90. The molecule has 0 bridgehead atoms. The third kappa shape index (κ3) is 3.27. The summed E-state index contributed by atoms with van der Waals surface area (Å²) in [6, 6.07) is 27.4. The first-order chi connectivity index (χ1) is 12.7. The maximum Gasteiger partial charge on any atom is 0.123 e. The Hall–Kier alpha value is -3.26. The predicted octanol–water partition coefficient (Wildman–Crippen LogP) is 6.53. The second-order valence-corrected chi connectivity index (χ2v) is 6.33. The minimum Gasteiger partial charge on any atom is -0.256 e. The van der Waals surface area contributed by atoms with E-state index in [9.17, 15) is 4.39 Å². The van der Waals surface area contributed by atoms with E-state index in [1.807, 2.05) is 24.4 Å². The van der Waals surface area contributed by atoms with Gasteiger partial charge < -0.3 is 0 Å². The highest BCUT2D eigenvalue weighted by Gasteiger charge is 2.07. The summed E-state index contributed by atoms with van der Waals surface area (Å²) in [6.07, 6.45) is 1.86. The van der Waals surface area contributed by atoms with E-state index in [2.05, 4.69) is 54.4 Å². The molecule has 0 aliphatic heterocycles. The third-order valence-electron chi connectivity index (χ3n) is 4.55. The molecule has 0 amide bonds. The zero-order valence-corrected chi connectivity index (χ0v) is 14.5. The minimum atomic E-state index is -0.227. The van der Waals surface area contributed by atoms with Gasteiger partial charge in [-0.3, -0.25) is 4.98 Å². The smallest absolute Gasteiger partial charge is 0.123 e. The highest BCUT2D eigenvalue weighted by atomic mass is 19.1. The normalized spacial score (nSPS) is 10.7. The van der Waals surface area contributed by atoms with Crippen LogP contribution in [0.3, 0.4) is 0 Å². The zero-order valence-electron chi connectivity index (χ0n) is 14.5. The predicted molar refractivity (Wildman–Crippen MR) is 105 cm³/mol. The molecule has 0 saturated heterocycles. The van der Waals surface area contributed by atoms with Gasteiger partial charge in [-0.1, -0.05) is 66.7 Å². The molecule has 0 aliphatic rings. The molecule has 0 radical (unpaired) electrons. The van der Waals surface area contributed by atoms with Crippen molar-refractivity contribution < 1.29 is 4.39 Å². The van der Waals surface area contributed by atoms with Crippen molar-refractivity contribution in [2.24, 2.45) is 0 Å². The first-order valence-corrected chi connectivity index (χ1v) is 8.59. The summed E-state index contributed by atoms with van der Waals surface area (Å²) in [4.78, 5) is 4.62. The number of rotatable bonds is 3. The molecular formula is C24H18FN. The van der Waals surface area contributed by atoms with Gasteiger partial charge in [0, 0.05) is 17.3 Å². The lowest BCUT2D eigenvalue weighted by molar-refractivity contribution is 0.628. The number of aromatic nitrogens is 1. The Kier molecular flexibility index (Phi) is 4.32. The maximum absolute atomic E-state index is 13.1. The van der Waals surface area contributed by atoms with E-state index < -0.39 is 0 Å². The highest BCUT2D eigenvalue weighted by molar-refractivity contribution is 5.72. The quantitative estimate of drug-likeness (QED) is 0.413. The van der Waals surface area contributed by atoms with Gasteiger partial charge in [0.1, 0.15) is 5.82 Å². The Bertz CT molecular complexity index is 1020. The summed E-state index contributed by atoms with van der Waals surface area (Å²) in [5.74, 6) is -0.227. The second kappa shape index (κ2) is 6.93. The molecule has 0 unspecified atom stereocenters. The van der Waals surface area contributed by atoms with Crippen molar-refractivity contribution in [2.45, 2.75) is 6.92 Å². The van der Waals surface area contributed by atoms with Gasteiger partial charge in [-0.2, -0.15) is 0 Å². The Morgan fingerprint density at radius 1 is 0.654 bits per heavy atom. The molecule has 26 heavy (non-hydrogen) atoms. The van der Waals surface area contributed by atoms with Crippen LogP contribution in [0.25, 0.3) is 33.5 Å². The van der Waals surface area contributed by atoms with E-state index in [-0.39, 0.29) is 5.82 Å². The molecule has 0 aliphatic carbocycles. The number of nitrogens with zero attached hydrogens (tertiary/aromatic N) is 1.